The van der Waals surface area contributed by atoms with Gasteiger partial charge in [0.2, 0.25) is 5.13 Å². The molecular formula is C17H23N5O2S. The summed E-state index contributed by atoms with van der Waals surface area (Å²) in [5.74, 6) is -0.350. The monoisotopic (exact) mass is 361 g/mol. The number of urea groups is 1. The number of amides is 3. The summed E-state index contributed by atoms with van der Waals surface area (Å²) in [6.07, 6.45) is 0. The maximum atomic E-state index is 12.6. The highest BCUT2D eigenvalue weighted by molar-refractivity contribution is 7.15. The number of hydrogen-bond acceptors (Lipinski definition) is 5. The molecule has 1 heterocycles. The van der Waals surface area contributed by atoms with Crippen molar-refractivity contribution in [3.63, 3.8) is 0 Å². The van der Waals surface area contributed by atoms with E-state index in [1.807, 2.05) is 34.6 Å². The maximum Gasteiger partial charge on any atom is 0.319 e. The Balaban J connectivity index is 2.14. The van der Waals surface area contributed by atoms with E-state index in [1.54, 1.807) is 24.3 Å². The molecular weight excluding hydrogens is 338 g/mol. The van der Waals surface area contributed by atoms with Gasteiger partial charge in [0.15, 0.2) is 0 Å². The zero-order chi connectivity index (χ0) is 18.6. The molecule has 2 rings (SSSR count). The predicted octanol–water partition coefficient (Wildman–Crippen LogP) is 3.62. The summed E-state index contributed by atoms with van der Waals surface area (Å²) in [7, 11) is 0. The van der Waals surface area contributed by atoms with Gasteiger partial charge in [-0.05, 0) is 26.0 Å². The van der Waals surface area contributed by atoms with E-state index in [1.165, 1.54) is 11.3 Å². The highest BCUT2D eigenvalue weighted by atomic mass is 32.1. The summed E-state index contributed by atoms with van der Waals surface area (Å²) >= 11 is 1.34. The Morgan fingerprint density at radius 1 is 1.08 bits per heavy atom. The Morgan fingerprint density at radius 3 is 2.36 bits per heavy atom. The van der Waals surface area contributed by atoms with E-state index in [9.17, 15) is 9.59 Å². The lowest BCUT2D eigenvalue weighted by Gasteiger charge is -2.13. The Morgan fingerprint density at radius 2 is 1.76 bits per heavy atom. The zero-order valence-electron chi connectivity index (χ0n) is 15.0. The molecule has 25 heavy (non-hydrogen) atoms. The first-order chi connectivity index (χ1) is 11.7. The number of anilines is 2. The minimum absolute atomic E-state index is 0.00167. The lowest BCUT2D eigenvalue weighted by atomic mass is 9.98. The molecule has 0 fully saturated rings. The predicted molar refractivity (Wildman–Crippen MR) is 100 cm³/mol. The first-order valence-electron chi connectivity index (χ1n) is 7.98. The molecule has 0 atom stereocenters. The van der Waals surface area contributed by atoms with Crippen LogP contribution < -0.4 is 16.0 Å². The molecule has 3 amide bonds. The van der Waals surface area contributed by atoms with Crippen LogP contribution in [0.15, 0.2) is 24.3 Å². The zero-order valence-corrected chi connectivity index (χ0v) is 15.8. The Hall–Kier alpha value is -2.48. The summed E-state index contributed by atoms with van der Waals surface area (Å²) in [5.41, 5.74) is 0.655. The standard InChI is InChI=1S/C17H23N5O2S/c1-10(2)18-15(24)19-12-9-7-6-8-11(12)13(23)20-16-22-21-14(25-16)17(3,4)5/h6-10H,1-5H3,(H2,18,19,24)(H,20,22,23). The number of hydrogen-bond donors (Lipinski definition) is 3. The molecule has 0 saturated heterocycles. The molecule has 0 aliphatic carbocycles. The third kappa shape index (κ3) is 5.25. The molecule has 8 heteroatoms. The van der Waals surface area contributed by atoms with Gasteiger partial charge in [0.1, 0.15) is 5.01 Å². The molecule has 0 aliphatic rings. The second-order valence-electron chi connectivity index (χ2n) is 6.92. The molecule has 1 aromatic heterocycles. The highest BCUT2D eigenvalue weighted by Gasteiger charge is 2.21. The van der Waals surface area contributed by atoms with Gasteiger partial charge in [-0.1, -0.05) is 44.2 Å². The van der Waals surface area contributed by atoms with E-state index in [0.717, 1.165) is 5.01 Å². The van der Waals surface area contributed by atoms with Crippen molar-refractivity contribution in [2.75, 3.05) is 10.6 Å². The number of aromatic nitrogens is 2. The van der Waals surface area contributed by atoms with Crippen LogP contribution in [0.2, 0.25) is 0 Å². The van der Waals surface area contributed by atoms with Crippen molar-refractivity contribution < 1.29 is 9.59 Å². The van der Waals surface area contributed by atoms with E-state index < -0.39 is 0 Å². The molecule has 0 spiro atoms. The molecule has 3 N–H and O–H groups in total. The molecule has 2 aromatic rings. The van der Waals surface area contributed by atoms with Crippen LogP contribution in [0, 0.1) is 0 Å². The summed E-state index contributed by atoms with van der Waals surface area (Å²) in [6.45, 7) is 9.82. The summed E-state index contributed by atoms with van der Waals surface area (Å²) in [6, 6.07) is 6.45. The number of para-hydroxylation sites is 1. The van der Waals surface area contributed by atoms with Crippen molar-refractivity contribution in [3.05, 3.63) is 34.8 Å². The van der Waals surface area contributed by atoms with E-state index >= 15 is 0 Å². The van der Waals surface area contributed by atoms with Gasteiger partial charge in [-0.25, -0.2) is 4.79 Å². The van der Waals surface area contributed by atoms with Gasteiger partial charge in [-0.15, -0.1) is 10.2 Å². The second kappa shape index (κ2) is 7.60. The van der Waals surface area contributed by atoms with Crippen molar-refractivity contribution in [3.8, 4) is 0 Å². The van der Waals surface area contributed by atoms with Crippen molar-refractivity contribution in [2.24, 2.45) is 0 Å². The lowest BCUT2D eigenvalue weighted by molar-refractivity contribution is 0.102. The van der Waals surface area contributed by atoms with Gasteiger partial charge in [-0.2, -0.15) is 0 Å². The van der Waals surface area contributed by atoms with E-state index in [0.29, 0.717) is 16.4 Å². The highest BCUT2D eigenvalue weighted by Crippen LogP contribution is 2.28. The van der Waals surface area contributed by atoms with Crippen LogP contribution in [0.25, 0.3) is 0 Å². The Bertz CT molecular complexity index is 764. The van der Waals surface area contributed by atoms with Crippen LogP contribution in [0.4, 0.5) is 15.6 Å². The second-order valence-corrected chi connectivity index (χ2v) is 7.89. The van der Waals surface area contributed by atoms with Crippen LogP contribution in [0.3, 0.4) is 0 Å². The van der Waals surface area contributed by atoms with Crippen LogP contribution in [0.1, 0.15) is 50.0 Å². The van der Waals surface area contributed by atoms with Crippen molar-refractivity contribution in [1.82, 2.24) is 15.5 Å². The van der Waals surface area contributed by atoms with E-state index in [2.05, 4.69) is 26.1 Å². The minimum Gasteiger partial charge on any atom is -0.336 e. The van der Waals surface area contributed by atoms with Gasteiger partial charge in [0.25, 0.3) is 5.91 Å². The average Bonchev–Trinajstić information content (AvgIpc) is 2.95. The topological polar surface area (TPSA) is 96.0 Å². The number of nitrogens with one attached hydrogen (secondary N) is 3. The molecule has 7 nitrogen and oxygen atoms in total. The van der Waals surface area contributed by atoms with Crippen molar-refractivity contribution in [1.29, 1.82) is 0 Å². The average molecular weight is 361 g/mol. The molecule has 1 aromatic carbocycles. The first-order valence-corrected chi connectivity index (χ1v) is 8.80. The third-order valence-corrected chi connectivity index (χ3v) is 4.39. The number of nitrogens with zero attached hydrogens (tertiary/aromatic N) is 2. The van der Waals surface area contributed by atoms with Gasteiger partial charge in [-0.3, -0.25) is 10.1 Å². The molecule has 0 aliphatic heterocycles. The Kier molecular flexibility index (Phi) is 5.73. The van der Waals surface area contributed by atoms with Crippen molar-refractivity contribution in [2.45, 2.75) is 46.1 Å². The number of benzene rings is 1. The fourth-order valence-corrected chi connectivity index (χ4v) is 2.75. The normalized spacial score (nSPS) is 11.3. The summed E-state index contributed by atoms with van der Waals surface area (Å²) in [5, 5.41) is 17.6. The molecule has 0 unspecified atom stereocenters. The van der Waals surface area contributed by atoms with Gasteiger partial charge in [0, 0.05) is 11.5 Å². The smallest absolute Gasteiger partial charge is 0.319 e. The van der Waals surface area contributed by atoms with Crippen LogP contribution >= 0.6 is 11.3 Å². The molecule has 0 radical (unpaired) electrons. The number of carbonyl (C=O) groups excluding carboxylic acids is 2. The largest absolute Gasteiger partial charge is 0.336 e. The van der Waals surface area contributed by atoms with Gasteiger partial charge < -0.3 is 10.6 Å². The fourth-order valence-electron chi connectivity index (χ4n) is 1.95. The van der Waals surface area contributed by atoms with Gasteiger partial charge >= 0.3 is 6.03 Å². The lowest BCUT2D eigenvalue weighted by Crippen LogP contribution is -2.34. The Labute approximate surface area is 151 Å². The van der Waals surface area contributed by atoms with Crippen LogP contribution in [-0.2, 0) is 5.41 Å². The summed E-state index contributed by atoms with van der Waals surface area (Å²) in [4.78, 5) is 24.4. The quantitative estimate of drug-likeness (QED) is 0.775. The molecule has 0 bridgehead atoms. The van der Waals surface area contributed by atoms with Crippen LogP contribution in [0.5, 0.6) is 0 Å². The summed E-state index contributed by atoms with van der Waals surface area (Å²) < 4.78 is 0. The van der Waals surface area contributed by atoms with Crippen LogP contribution in [-0.4, -0.2) is 28.2 Å². The molecule has 0 saturated carbocycles. The minimum atomic E-state index is -0.360. The molecule has 134 valence electrons. The number of carbonyl (C=O) groups is 2. The first kappa shape index (κ1) is 18.9. The SMILES string of the molecule is CC(C)NC(=O)Nc1ccccc1C(=O)Nc1nnc(C(C)(C)C)s1. The fraction of sp³-hybridized carbons (Fsp3) is 0.412. The van der Waals surface area contributed by atoms with E-state index in [4.69, 9.17) is 0 Å². The van der Waals surface area contributed by atoms with E-state index in [-0.39, 0.29) is 23.4 Å². The van der Waals surface area contributed by atoms with Crippen molar-refractivity contribution >= 4 is 34.1 Å². The maximum absolute atomic E-state index is 12.6. The number of rotatable bonds is 4. The third-order valence-electron chi connectivity index (χ3n) is 3.13. The van der Waals surface area contributed by atoms with Gasteiger partial charge in [0.05, 0.1) is 11.3 Å².